The number of amides is 1. The molecule has 1 aliphatic heterocycles. The lowest BCUT2D eigenvalue weighted by atomic mass is 10.2. The zero-order valence-electron chi connectivity index (χ0n) is 12.5. The van der Waals surface area contributed by atoms with Crippen molar-refractivity contribution in [3.05, 3.63) is 52.0 Å². The Kier molecular flexibility index (Phi) is 5.19. The Morgan fingerprint density at radius 1 is 1.36 bits per heavy atom. The van der Waals surface area contributed by atoms with Crippen molar-refractivity contribution >= 4 is 17.2 Å². The Morgan fingerprint density at radius 3 is 3.00 bits per heavy atom. The summed E-state index contributed by atoms with van der Waals surface area (Å²) >= 11 is 1.63. The van der Waals surface area contributed by atoms with Crippen LogP contribution in [0.4, 0.5) is 0 Å². The van der Waals surface area contributed by atoms with Gasteiger partial charge < -0.3 is 10.6 Å². The van der Waals surface area contributed by atoms with Crippen LogP contribution in [-0.4, -0.2) is 30.0 Å². The van der Waals surface area contributed by atoms with E-state index in [2.05, 4.69) is 27.8 Å². The quantitative estimate of drug-likeness (QED) is 0.859. The molecular weight excluding hydrogens is 294 g/mol. The molecule has 2 aromatic rings. The summed E-state index contributed by atoms with van der Waals surface area (Å²) in [4.78, 5) is 16.5. The fourth-order valence-electron chi connectivity index (χ4n) is 2.68. The first-order valence-corrected chi connectivity index (χ1v) is 8.65. The van der Waals surface area contributed by atoms with Crippen LogP contribution >= 0.6 is 11.3 Å². The van der Waals surface area contributed by atoms with E-state index in [-0.39, 0.29) is 5.91 Å². The SMILES string of the molecule is O=C(Cc1csc(Cc2ccccc2)n1)NCC1CCCN1. The van der Waals surface area contributed by atoms with Gasteiger partial charge in [-0.05, 0) is 24.9 Å². The molecule has 1 amide bonds. The van der Waals surface area contributed by atoms with Crippen LogP contribution in [-0.2, 0) is 17.6 Å². The van der Waals surface area contributed by atoms with E-state index in [1.807, 2.05) is 23.6 Å². The van der Waals surface area contributed by atoms with Crippen molar-refractivity contribution in [1.82, 2.24) is 15.6 Å². The minimum Gasteiger partial charge on any atom is -0.354 e. The number of nitrogens with zero attached hydrogens (tertiary/aromatic N) is 1. The molecule has 0 spiro atoms. The maximum Gasteiger partial charge on any atom is 0.226 e. The predicted octanol–water partition coefficient (Wildman–Crippen LogP) is 2.14. The Balaban J connectivity index is 1.47. The summed E-state index contributed by atoms with van der Waals surface area (Å²) in [7, 11) is 0. The van der Waals surface area contributed by atoms with Gasteiger partial charge in [-0.2, -0.15) is 0 Å². The second-order valence-electron chi connectivity index (χ2n) is 5.67. The van der Waals surface area contributed by atoms with Gasteiger partial charge in [0.1, 0.15) is 0 Å². The highest BCUT2D eigenvalue weighted by Gasteiger charge is 2.15. The Labute approximate surface area is 135 Å². The molecular formula is C17H21N3OS. The highest BCUT2D eigenvalue weighted by atomic mass is 32.1. The average molecular weight is 315 g/mol. The van der Waals surface area contributed by atoms with Gasteiger partial charge in [0, 0.05) is 24.4 Å². The maximum atomic E-state index is 12.0. The van der Waals surface area contributed by atoms with Crippen LogP contribution in [0.2, 0.25) is 0 Å². The van der Waals surface area contributed by atoms with Crippen molar-refractivity contribution in [3.63, 3.8) is 0 Å². The zero-order chi connectivity index (χ0) is 15.2. The molecule has 22 heavy (non-hydrogen) atoms. The molecule has 0 radical (unpaired) electrons. The largest absolute Gasteiger partial charge is 0.354 e. The molecule has 1 unspecified atom stereocenters. The van der Waals surface area contributed by atoms with E-state index in [0.29, 0.717) is 12.5 Å². The fourth-order valence-corrected chi connectivity index (χ4v) is 3.50. The van der Waals surface area contributed by atoms with Crippen LogP contribution in [0, 0.1) is 0 Å². The van der Waals surface area contributed by atoms with Crippen LogP contribution in [0.15, 0.2) is 35.7 Å². The number of carbonyl (C=O) groups is 1. The number of benzene rings is 1. The number of hydrogen-bond donors (Lipinski definition) is 2. The van der Waals surface area contributed by atoms with Crippen molar-refractivity contribution in [2.45, 2.75) is 31.7 Å². The minimum atomic E-state index is 0.0604. The summed E-state index contributed by atoms with van der Waals surface area (Å²) in [6.45, 7) is 1.79. The summed E-state index contributed by atoms with van der Waals surface area (Å²) in [5.74, 6) is 0.0604. The van der Waals surface area contributed by atoms with Crippen LogP contribution in [0.5, 0.6) is 0 Å². The topological polar surface area (TPSA) is 54.0 Å². The van der Waals surface area contributed by atoms with Gasteiger partial charge in [-0.1, -0.05) is 30.3 Å². The summed E-state index contributed by atoms with van der Waals surface area (Å²) in [5, 5.41) is 9.43. The highest BCUT2D eigenvalue weighted by Crippen LogP contribution is 2.15. The average Bonchev–Trinajstić information content (AvgIpc) is 3.18. The first-order valence-electron chi connectivity index (χ1n) is 7.77. The van der Waals surface area contributed by atoms with E-state index in [4.69, 9.17) is 0 Å². The summed E-state index contributed by atoms with van der Waals surface area (Å²) in [5.41, 5.74) is 2.12. The molecule has 1 aromatic heterocycles. The van der Waals surface area contributed by atoms with Gasteiger partial charge in [-0.15, -0.1) is 11.3 Å². The third kappa shape index (κ3) is 4.39. The smallest absolute Gasteiger partial charge is 0.226 e. The lowest BCUT2D eigenvalue weighted by Gasteiger charge is -2.10. The first kappa shape index (κ1) is 15.2. The van der Waals surface area contributed by atoms with E-state index in [1.54, 1.807) is 11.3 Å². The van der Waals surface area contributed by atoms with E-state index in [1.165, 1.54) is 12.0 Å². The summed E-state index contributed by atoms with van der Waals surface area (Å²) in [6, 6.07) is 10.7. The van der Waals surface area contributed by atoms with Gasteiger partial charge in [0.05, 0.1) is 17.1 Å². The zero-order valence-corrected chi connectivity index (χ0v) is 13.4. The Bertz CT molecular complexity index is 605. The fraction of sp³-hybridized carbons (Fsp3) is 0.412. The monoisotopic (exact) mass is 315 g/mol. The van der Waals surface area contributed by atoms with Gasteiger partial charge in [-0.3, -0.25) is 4.79 Å². The molecule has 1 aliphatic rings. The third-order valence-electron chi connectivity index (χ3n) is 3.85. The number of thiazole rings is 1. The highest BCUT2D eigenvalue weighted by molar-refractivity contribution is 7.09. The van der Waals surface area contributed by atoms with Gasteiger partial charge in [0.2, 0.25) is 5.91 Å². The Morgan fingerprint density at radius 2 is 2.23 bits per heavy atom. The van der Waals surface area contributed by atoms with Crippen LogP contribution in [0.25, 0.3) is 0 Å². The molecule has 1 fully saturated rings. The van der Waals surface area contributed by atoms with Crippen LogP contribution < -0.4 is 10.6 Å². The van der Waals surface area contributed by atoms with Crippen molar-refractivity contribution in [3.8, 4) is 0 Å². The number of hydrogen-bond acceptors (Lipinski definition) is 4. The van der Waals surface area contributed by atoms with Gasteiger partial charge in [0.15, 0.2) is 0 Å². The molecule has 116 valence electrons. The second kappa shape index (κ2) is 7.51. The molecule has 4 nitrogen and oxygen atoms in total. The molecule has 3 rings (SSSR count). The predicted molar refractivity (Wildman–Crippen MR) is 89.1 cm³/mol. The number of rotatable bonds is 6. The minimum absolute atomic E-state index is 0.0604. The number of carbonyl (C=O) groups excluding carboxylic acids is 1. The number of aromatic nitrogens is 1. The molecule has 1 aromatic carbocycles. The summed E-state index contributed by atoms with van der Waals surface area (Å²) < 4.78 is 0. The van der Waals surface area contributed by atoms with Gasteiger partial charge in [0.25, 0.3) is 0 Å². The molecule has 1 atom stereocenters. The second-order valence-corrected chi connectivity index (χ2v) is 6.61. The van der Waals surface area contributed by atoms with E-state index in [0.717, 1.165) is 36.6 Å². The molecule has 2 N–H and O–H groups in total. The van der Waals surface area contributed by atoms with Gasteiger partial charge >= 0.3 is 0 Å². The van der Waals surface area contributed by atoms with Crippen LogP contribution in [0.1, 0.15) is 29.1 Å². The lowest BCUT2D eigenvalue weighted by molar-refractivity contribution is -0.120. The van der Waals surface area contributed by atoms with Crippen molar-refractivity contribution in [1.29, 1.82) is 0 Å². The van der Waals surface area contributed by atoms with Crippen molar-refractivity contribution in [2.75, 3.05) is 13.1 Å². The standard InChI is InChI=1S/C17H21N3OS/c21-16(19-11-14-7-4-8-18-14)10-15-12-22-17(20-15)9-13-5-2-1-3-6-13/h1-3,5-6,12,14,18H,4,7-11H2,(H,19,21). The van der Waals surface area contributed by atoms with E-state index in [9.17, 15) is 4.79 Å². The number of nitrogens with one attached hydrogen (secondary N) is 2. The normalized spacial score (nSPS) is 17.5. The molecule has 1 saturated heterocycles. The maximum absolute atomic E-state index is 12.0. The molecule has 5 heteroatoms. The molecule has 0 saturated carbocycles. The van der Waals surface area contributed by atoms with E-state index < -0.39 is 0 Å². The third-order valence-corrected chi connectivity index (χ3v) is 4.74. The van der Waals surface area contributed by atoms with Crippen LogP contribution in [0.3, 0.4) is 0 Å². The molecule has 0 bridgehead atoms. The summed E-state index contributed by atoms with van der Waals surface area (Å²) in [6.07, 6.45) is 3.56. The lowest BCUT2D eigenvalue weighted by Crippen LogP contribution is -2.37. The Hall–Kier alpha value is -1.72. The first-order chi connectivity index (χ1) is 10.8. The van der Waals surface area contributed by atoms with E-state index >= 15 is 0 Å². The molecule has 2 heterocycles. The van der Waals surface area contributed by atoms with Crippen molar-refractivity contribution in [2.24, 2.45) is 0 Å². The van der Waals surface area contributed by atoms with Gasteiger partial charge in [-0.25, -0.2) is 4.98 Å². The molecule has 0 aliphatic carbocycles. The van der Waals surface area contributed by atoms with Crippen molar-refractivity contribution < 1.29 is 4.79 Å².